The quantitative estimate of drug-likeness (QED) is 0.0763. The van der Waals surface area contributed by atoms with Crippen LogP contribution in [0, 0.1) is 6.92 Å². The second kappa shape index (κ2) is 16.3. The van der Waals surface area contributed by atoms with Gasteiger partial charge in [-0.1, -0.05) is 90.5 Å². The van der Waals surface area contributed by atoms with E-state index in [1.165, 1.54) is 24.3 Å². The second-order valence-electron chi connectivity index (χ2n) is 15.8. The Bertz CT molecular complexity index is 3140. The zero-order valence-corrected chi connectivity index (χ0v) is 36.0. The fraction of sp³-hybridized carbons (Fsp3) is 0.0980. The number of anilines is 1. The van der Waals surface area contributed by atoms with E-state index in [0.29, 0.717) is 56.2 Å². The van der Waals surface area contributed by atoms with Gasteiger partial charge in [0.15, 0.2) is 7.14 Å². The van der Waals surface area contributed by atoms with Crippen LogP contribution in [0.1, 0.15) is 58.1 Å². The number of amides is 4. The van der Waals surface area contributed by atoms with E-state index in [-0.39, 0.29) is 28.1 Å². The van der Waals surface area contributed by atoms with E-state index in [4.69, 9.17) is 9.47 Å². The maximum Gasteiger partial charge on any atom is 0.411 e. The lowest BCUT2D eigenvalue weighted by molar-refractivity contribution is -0.288. The lowest BCUT2D eigenvalue weighted by Crippen LogP contribution is -2.55. The largest absolute Gasteiger partial charge is 0.457 e. The number of nitrogens with zero attached hydrogens (tertiary/aromatic N) is 2. The Morgan fingerprint density at radius 2 is 0.925 bits per heavy atom. The van der Waals surface area contributed by atoms with Gasteiger partial charge in [-0.25, -0.2) is 4.90 Å². The smallest absolute Gasteiger partial charge is 0.411 e. The van der Waals surface area contributed by atoms with Gasteiger partial charge in [-0.2, -0.15) is 26.3 Å². The predicted molar refractivity (Wildman–Crippen MR) is 237 cm³/mol. The number of alkyl halides is 6. The average Bonchev–Trinajstić information content (AvgIpc) is 3.69. The molecule has 0 unspecified atom stereocenters. The minimum atomic E-state index is -6.11. The summed E-state index contributed by atoms with van der Waals surface area (Å²) >= 11 is 0. The van der Waals surface area contributed by atoms with Crippen molar-refractivity contribution in [1.82, 2.24) is 4.90 Å². The molecule has 9 nitrogen and oxygen atoms in total. The summed E-state index contributed by atoms with van der Waals surface area (Å²) in [7, 11) is -2.67. The molecule has 2 aliphatic heterocycles. The molecule has 67 heavy (non-hydrogen) atoms. The van der Waals surface area contributed by atoms with Gasteiger partial charge in [0.25, 0.3) is 23.6 Å². The first-order chi connectivity index (χ1) is 31.8. The van der Waals surface area contributed by atoms with Crippen LogP contribution >= 0.6 is 7.14 Å². The fourth-order valence-corrected chi connectivity index (χ4v) is 11.2. The van der Waals surface area contributed by atoms with Crippen LogP contribution in [-0.4, -0.2) is 47.9 Å². The summed E-state index contributed by atoms with van der Waals surface area (Å²) in [6.45, 7) is 1.94. The highest BCUT2D eigenvalue weighted by molar-refractivity contribution is 7.85. The van der Waals surface area contributed by atoms with Gasteiger partial charge < -0.3 is 14.0 Å². The van der Waals surface area contributed by atoms with Crippen molar-refractivity contribution >= 4 is 52.4 Å². The summed E-state index contributed by atoms with van der Waals surface area (Å²) in [5.41, 5.74) is -8.98. The molecule has 16 heteroatoms. The fourth-order valence-electron chi connectivity index (χ4n) is 8.41. The summed E-state index contributed by atoms with van der Waals surface area (Å²) < 4.78 is 120. The molecule has 0 N–H and O–H groups in total. The standard InChI is InChI=1S/C51H33F6N2O7P/c1-30-13-19-34(20-14-30)65-36-23-26-43(44(29-36)67(64,37-9-5-3-6-10-37)38-11-7-4-8-12-38)66-35-21-17-33(18-22-35)59-47(62)40-25-16-32(28-42(40)48(59)63)49(50(52,53)54,51(55,56)57)31-15-24-39-41(27-31)46(61)58(2)45(39)60/h3-29H,1-2H3. The van der Waals surface area contributed by atoms with Gasteiger partial charge in [0.2, 0.25) is 5.41 Å². The highest BCUT2D eigenvalue weighted by Crippen LogP contribution is 2.57. The van der Waals surface area contributed by atoms with E-state index in [2.05, 4.69) is 0 Å². The molecule has 0 aromatic heterocycles. The number of carbonyl (C=O) groups is 4. The van der Waals surface area contributed by atoms with Gasteiger partial charge >= 0.3 is 12.4 Å². The molecule has 2 aliphatic rings. The SMILES string of the molecule is Cc1ccc(Oc2ccc(Oc3ccc(N4C(=O)c5ccc(C(c6ccc7c(c6)C(=O)N(C)C7=O)(C(F)(F)F)C(F)(F)F)cc5C4=O)cc3)c(P(=O)(c3ccccc3)c3ccccc3)c2)cc1. The van der Waals surface area contributed by atoms with Crippen LogP contribution in [0.2, 0.25) is 0 Å². The Morgan fingerprint density at radius 1 is 0.478 bits per heavy atom. The summed E-state index contributed by atoms with van der Waals surface area (Å²) in [4.78, 5) is 54.0. The van der Waals surface area contributed by atoms with Gasteiger partial charge in [-0.3, -0.25) is 24.1 Å². The van der Waals surface area contributed by atoms with Crippen molar-refractivity contribution in [3.63, 3.8) is 0 Å². The molecule has 336 valence electrons. The first-order valence-corrected chi connectivity index (χ1v) is 22.1. The Hall–Kier alpha value is -7.77. The lowest BCUT2D eigenvalue weighted by Gasteiger charge is -2.38. The van der Waals surface area contributed by atoms with Gasteiger partial charge in [0, 0.05) is 17.7 Å². The number of benzene rings is 7. The molecule has 0 atom stereocenters. The second-order valence-corrected chi connectivity index (χ2v) is 18.5. The molecule has 7 aromatic rings. The van der Waals surface area contributed by atoms with E-state index >= 15 is 30.9 Å². The van der Waals surface area contributed by atoms with E-state index in [1.54, 1.807) is 91.0 Å². The number of hydrogen-bond donors (Lipinski definition) is 0. The van der Waals surface area contributed by atoms with Crippen molar-refractivity contribution in [2.24, 2.45) is 0 Å². The molecule has 4 amide bonds. The highest BCUT2D eigenvalue weighted by atomic mass is 31.2. The van der Waals surface area contributed by atoms with Gasteiger partial charge in [0.05, 0.1) is 33.2 Å². The summed E-state index contributed by atoms with van der Waals surface area (Å²) in [6, 6.07) is 38.4. The van der Waals surface area contributed by atoms with Crippen molar-refractivity contribution in [2.45, 2.75) is 24.7 Å². The number of aryl methyl sites for hydroxylation is 1. The Morgan fingerprint density at radius 3 is 1.46 bits per heavy atom. The van der Waals surface area contributed by atoms with E-state index in [0.717, 1.165) is 24.7 Å². The Labute approximate surface area is 378 Å². The van der Waals surface area contributed by atoms with Gasteiger partial charge in [-0.15, -0.1) is 0 Å². The molecule has 0 radical (unpaired) electrons. The summed E-state index contributed by atoms with van der Waals surface area (Å²) in [6.07, 6.45) is -12.2. The van der Waals surface area contributed by atoms with Crippen molar-refractivity contribution in [3.05, 3.63) is 203 Å². The van der Waals surface area contributed by atoms with Crippen LogP contribution in [0.3, 0.4) is 0 Å². The van der Waals surface area contributed by atoms with Gasteiger partial charge in [-0.05, 0) is 96.9 Å². The monoisotopic (exact) mass is 930 g/mol. The number of imide groups is 2. The zero-order valence-electron chi connectivity index (χ0n) is 35.1. The molecular formula is C51H33F6N2O7P. The molecular weight excluding hydrogens is 898 g/mol. The molecule has 0 saturated carbocycles. The number of hydrogen-bond acceptors (Lipinski definition) is 7. The zero-order chi connectivity index (χ0) is 47.6. The van der Waals surface area contributed by atoms with Crippen molar-refractivity contribution in [1.29, 1.82) is 0 Å². The van der Waals surface area contributed by atoms with Crippen LogP contribution < -0.4 is 30.3 Å². The lowest BCUT2D eigenvalue weighted by atomic mass is 9.71. The van der Waals surface area contributed by atoms with Crippen LogP contribution in [0.25, 0.3) is 0 Å². The minimum Gasteiger partial charge on any atom is -0.457 e. The van der Waals surface area contributed by atoms with E-state index in [1.807, 2.05) is 19.1 Å². The molecule has 0 spiro atoms. The van der Waals surface area contributed by atoms with Gasteiger partial charge in [0.1, 0.15) is 23.0 Å². The first-order valence-electron chi connectivity index (χ1n) is 20.4. The first kappa shape index (κ1) is 44.4. The molecule has 0 aliphatic carbocycles. The third-order valence-corrected chi connectivity index (χ3v) is 14.9. The van der Waals surface area contributed by atoms with E-state index < -0.39 is 76.4 Å². The third kappa shape index (κ3) is 7.26. The number of rotatable bonds is 10. The molecule has 2 heterocycles. The van der Waals surface area contributed by atoms with Crippen LogP contribution in [0.4, 0.5) is 32.0 Å². The molecule has 0 fully saturated rings. The predicted octanol–water partition coefficient (Wildman–Crippen LogP) is 10.7. The normalized spacial score (nSPS) is 14.1. The highest BCUT2D eigenvalue weighted by Gasteiger charge is 2.73. The van der Waals surface area contributed by atoms with E-state index in [9.17, 15) is 19.2 Å². The van der Waals surface area contributed by atoms with Crippen LogP contribution in [0.5, 0.6) is 23.0 Å². The summed E-state index contributed by atoms with van der Waals surface area (Å²) in [5.74, 6) is -3.03. The number of fused-ring (bicyclic) bond motifs is 2. The third-order valence-electron chi connectivity index (χ3n) is 11.8. The molecule has 7 aromatic carbocycles. The molecule has 0 bridgehead atoms. The summed E-state index contributed by atoms with van der Waals surface area (Å²) in [5, 5.41) is 1.27. The van der Waals surface area contributed by atoms with Crippen molar-refractivity contribution in [2.75, 3.05) is 11.9 Å². The molecule has 9 rings (SSSR count). The van der Waals surface area contributed by atoms with Crippen molar-refractivity contribution < 1.29 is 59.6 Å². The van der Waals surface area contributed by atoms with Crippen molar-refractivity contribution in [3.8, 4) is 23.0 Å². The Balaban J connectivity index is 1.07. The number of halogens is 6. The minimum absolute atomic E-state index is 0.0924. The molecule has 0 saturated heterocycles. The van der Waals surface area contributed by atoms with Crippen LogP contribution in [-0.2, 0) is 9.98 Å². The maximum absolute atomic E-state index is 15.7. The maximum atomic E-state index is 15.7. The topological polar surface area (TPSA) is 110 Å². The number of ether oxygens (including phenoxy) is 2. The Kier molecular flexibility index (Phi) is 10.8. The number of carbonyl (C=O) groups excluding carboxylic acids is 4. The average molecular weight is 931 g/mol. The van der Waals surface area contributed by atoms with Crippen LogP contribution in [0.15, 0.2) is 164 Å².